The van der Waals surface area contributed by atoms with Crippen molar-refractivity contribution in [1.82, 2.24) is 29.9 Å². The monoisotopic (exact) mass is 496 g/mol. The number of hydrogen-bond donors (Lipinski definition) is 1. The van der Waals surface area contributed by atoms with E-state index in [2.05, 4.69) is 36.4 Å². The summed E-state index contributed by atoms with van der Waals surface area (Å²) in [6, 6.07) is 9.84. The summed E-state index contributed by atoms with van der Waals surface area (Å²) in [4.78, 5) is 17.1. The molecule has 0 saturated carbocycles. The van der Waals surface area contributed by atoms with E-state index < -0.39 is 0 Å². The number of rotatable bonds is 7. The van der Waals surface area contributed by atoms with Crippen LogP contribution in [0.25, 0.3) is 22.2 Å². The van der Waals surface area contributed by atoms with Gasteiger partial charge < -0.3 is 10.1 Å². The molecular formula is C23H25BrN6O2. The molecule has 4 aromatic rings. The van der Waals surface area contributed by atoms with E-state index in [-0.39, 0.29) is 12.5 Å². The number of aromatic nitrogens is 5. The molecule has 32 heavy (non-hydrogen) atoms. The maximum absolute atomic E-state index is 12.6. The third kappa shape index (κ3) is 4.25. The highest BCUT2D eigenvalue weighted by molar-refractivity contribution is 9.10. The highest BCUT2D eigenvalue weighted by atomic mass is 79.9. The molecule has 0 aliphatic heterocycles. The van der Waals surface area contributed by atoms with E-state index in [0.29, 0.717) is 18.7 Å². The molecule has 8 nitrogen and oxygen atoms in total. The Hall–Kier alpha value is -3.20. The Kier molecular flexibility index (Phi) is 6.27. The summed E-state index contributed by atoms with van der Waals surface area (Å²) in [6.07, 6.45) is 1.75. The summed E-state index contributed by atoms with van der Waals surface area (Å²) in [7, 11) is 1.65. The van der Waals surface area contributed by atoms with Crippen LogP contribution in [-0.4, -0.2) is 44.1 Å². The molecule has 166 valence electrons. The molecule has 0 unspecified atom stereocenters. The van der Waals surface area contributed by atoms with Crippen LogP contribution in [0.5, 0.6) is 5.75 Å². The molecule has 9 heteroatoms. The summed E-state index contributed by atoms with van der Waals surface area (Å²) in [6.45, 7) is 7.07. The Labute approximate surface area is 194 Å². The van der Waals surface area contributed by atoms with Gasteiger partial charge in [0.2, 0.25) is 5.91 Å². The molecule has 1 aromatic carbocycles. The smallest absolute Gasteiger partial charge is 0.241 e. The predicted octanol–water partition coefficient (Wildman–Crippen LogP) is 3.81. The molecule has 0 saturated heterocycles. The topological polar surface area (TPSA) is 86.9 Å². The summed E-state index contributed by atoms with van der Waals surface area (Å²) < 4.78 is 9.80. The van der Waals surface area contributed by atoms with Gasteiger partial charge >= 0.3 is 0 Å². The number of benzene rings is 1. The third-order valence-corrected chi connectivity index (χ3v) is 6.59. The summed E-state index contributed by atoms with van der Waals surface area (Å²) in [5, 5.41) is 13.0. The molecule has 3 aromatic heterocycles. The molecule has 3 heterocycles. The third-order valence-electron chi connectivity index (χ3n) is 5.44. The van der Waals surface area contributed by atoms with E-state index in [0.717, 1.165) is 43.8 Å². The second-order valence-corrected chi connectivity index (χ2v) is 8.38. The number of carbonyl (C=O) groups excluding carboxylic acids is 1. The van der Waals surface area contributed by atoms with E-state index in [1.807, 2.05) is 55.8 Å². The number of nitrogens with one attached hydrogen (secondary N) is 1. The molecule has 0 atom stereocenters. The number of carbonyl (C=O) groups is 1. The Morgan fingerprint density at radius 3 is 2.44 bits per heavy atom. The van der Waals surface area contributed by atoms with Crippen molar-refractivity contribution in [3.05, 3.63) is 58.1 Å². The van der Waals surface area contributed by atoms with Crippen LogP contribution in [-0.2, 0) is 17.9 Å². The lowest BCUT2D eigenvalue weighted by Crippen LogP contribution is -2.31. The fourth-order valence-electron chi connectivity index (χ4n) is 3.79. The van der Waals surface area contributed by atoms with E-state index in [1.165, 1.54) is 0 Å². The van der Waals surface area contributed by atoms with Gasteiger partial charge in [-0.3, -0.25) is 9.48 Å². The first-order valence-corrected chi connectivity index (χ1v) is 11.1. The fourth-order valence-corrected chi connectivity index (χ4v) is 4.07. The largest absolute Gasteiger partial charge is 0.497 e. The molecule has 1 N–H and O–H groups in total. The van der Waals surface area contributed by atoms with Crippen LogP contribution >= 0.6 is 15.9 Å². The van der Waals surface area contributed by atoms with Crippen molar-refractivity contribution in [1.29, 1.82) is 0 Å². The molecule has 0 radical (unpaired) electrons. The number of amides is 1. The lowest BCUT2D eigenvalue weighted by atomic mass is 10.0. The van der Waals surface area contributed by atoms with Crippen LogP contribution in [0.2, 0.25) is 0 Å². The van der Waals surface area contributed by atoms with Crippen molar-refractivity contribution in [2.45, 2.75) is 33.9 Å². The van der Waals surface area contributed by atoms with Crippen LogP contribution in [0, 0.1) is 20.8 Å². The van der Waals surface area contributed by atoms with Gasteiger partial charge in [0.25, 0.3) is 0 Å². The van der Waals surface area contributed by atoms with Crippen LogP contribution in [0.3, 0.4) is 0 Å². The lowest BCUT2D eigenvalue weighted by Gasteiger charge is -2.08. The van der Waals surface area contributed by atoms with Gasteiger partial charge in [-0.15, -0.1) is 0 Å². The van der Waals surface area contributed by atoms with Crippen molar-refractivity contribution < 1.29 is 9.53 Å². The van der Waals surface area contributed by atoms with Gasteiger partial charge in [0, 0.05) is 23.8 Å². The fraction of sp³-hybridized carbons (Fsp3) is 0.304. The average molecular weight is 497 g/mol. The first kappa shape index (κ1) is 22.0. The van der Waals surface area contributed by atoms with Gasteiger partial charge in [0.15, 0.2) is 5.65 Å². The van der Waals surface area contributed by atoms with Crippen molar-refractivity contribution in [2.75, 3.05) is 13.7 Å². The first-order valence-electron chi connectivity index (χ1n) is 10.3. The summed E-state index contributed by atoms with van der Waals surface area (Å²) in [5.41, 5.74) is 5.57. The van der Waals surface area contributed by atoms with Gasteiger partial charge in [0.1, 0.15) is 12.3 Å². The van der Waals surface area contributed by atoms with E-state index in [9.17, 15) is 4.79 Å². The molecule has 0 aliphatic carbocycles. The number of fused-ring (bicyclic) bond motifs is 1. The normalized spacial score (nSPS) is 11.2. The number of halogens is 1. The molecule has 4 rings (SSSR count). The zero-order valence-electron chi connectivity index (χ0n) is 18.5. The number of methoxy groups -OCH3 is 1. The van der Waals surface area contributed by atoms with Crippen LogP contribution in [0.1, 0.15) is 17.1 Å². The Morgan fingerprint density at radius 2 is 1.78 bits per heavy atom. The molecule has 0 bridgehead atoms. The maximum atomic E-state index is 12.6. The Balaban J connectivity index is 1.49. The number of ether oxygens (including phenoxy) is 1. The molecular weight excluding hydrogens is 472 g/mol. The van der Waals surface area contributed by atoms with Crippen LogP contribution in [0.15, 0.2) is 41.0 Å². The number of pyridine rings is 1. The molecule has 0 aliphatic rings. The summed E-state index contributed by atoms with van der Waals surface area (Å²) >= 11 is 3.52. The lowest BCUT2D eigenvalue weighted by molar-refractivity contribution is -0.121. The minimum Gasteiger partial charge on any atom is -0.497 e. The second-order valence-electron chi connectivity index (χ2n) is 7.59. The number of hydrogen-bond acceptors (Lipinski definition) is 5. The van der Waals surface area contributed by atoms with Gasteiger partial charge in [0.05, 0.1) is 29.5 Å². The minimum atomic E-state index is -0.119. The number of aryl methyl sites for hydroxylation is 2. The number of nitrogens with zero attached hydrogens (tertiary/aromatic N) is 5. The maximum Gasteiger partial charge on any atom is 0.241 e. The van der Waals surface area contributed by atoms with Gasteiger partial charge in [-0.2, -0.15) is 10.2 Å². The molecule has 0 fully saturated rings. The van der Waals surface area contributed by atoms with Gasteiger partial charge in [-0.05, 0) is 66.0 Å². The SMILES string of the molecule is COc1ccc(-c2ccnc3c2c(C)nn3CC(=O)NCCn2nc(C)c(Br)c2C)cc1. The molecule has 0 spiro atoms. The first-order chi connectivity index (χ1) is 15.4. The van der Waals surface area contributed by atoms with Gasteiger partial charge in [-0.25, -0.2) is 9.67 Å². The molecule has 1 amide bonds. The highest BCUT2D eigenvalue weighted by Crippen LogP contribution is 2.30. The van der Waals surface area contributed by atoms with Crippen molar-refractivity contribution in [3.8, 4) is 16.9 Å². The van der Waals surface area contributed by atoms with Crippen molar-refractivity contribution in [3.63, 3.8) is 0 Å². The van der Waals surface area contributed by atoms with E-state index in [1.54, 1.807) is 18.0 Å². The Morgan fingerprint density at radius 1 is 1.06 bits per heavy atom. The quantitative estimate of drug-likeness (QED) is 0.420. The van der Waals surface area contributed by atoms with Crippen LogP contribution < -0.4 is 10.1 Å². The zero-order chi connectivity index (χ0) is 22.8. The second kappa shape index (κ2) is 9.12. The van der Waals surface area contributed by atoms with Gasteiger partial charge in [-0.1, -0.05) is 12.1 Å². The standard InChI is InChI=1S/C23H25BrN6O2/c1-14-21-19(17-5-7-18(32-4)8-6-17)9-10-26-23(21)30(27-14)13-20(31)25-11-12-29-16(3)22(24)15(2)28-29/h5-10H,11-13H2,1-4H3,(H,25,31). The summed E-state index contributed by atoms with van der Waals surface area (Å²) in [5.74, 6) is 0.683. The van der Waals surface area contributed by atoms with Crippen molar-refractivity contribution in [2.24, 2.45) is 0 Å². The predicted molar refractivity (Wildman–Crippen MR) is 127 cm³/mol. The average Bonchev–Trinajstić information content (AvgIpc) is 3.24. The highest BCUT2D eigenvalue weighted by Gasteiger charge is 2.16. The van der Waals surface area contributed by atoms with Crippen LogP contribution in [0.4, 0.5) is 0 Å². The zero-order valence-corrected chi connectivity index (χ0v) is 20.1. The van der Waals surface area contributed by atoms with E-state index in [4.69, 9.17) is 4.74 Å². The van der Waals surface area contributed by atoms with E-state index >= 15 is 0 Å². The minimum absolute atomic E-state index is 0.101. The Bertz CT molecular complexity index is 1280. The van der Waals surface area contributed by atoms with Crippen molar-refractivity contribution >= 4 is 32.9 Å².